The van der Waals surface area contributed by atoms with Gasteiger partial charge in [-0.1, -0.05) is 0 Å². The third kappa shape index (κ3) is 2.41. The number of hydrogen-bond donors (Lipinski definition) is 2. The fourth-order valence-corrected chi connectivity index (χ4v) is 2.25. The van der Waals surface area contributed by atoms with Gasteiger partial charge in [0.05, 0.1) is 7.11 Å². The van der Waals surface area contributed by atoms with Crippen LogP contribution in [0.2, 0.25) is 0 Å². The topological polar surface area (TPSA) is 87.6 Å². The number of rotatable bonds is 4. The van der Waals surface area contributed by atoms with Crippen LogP contribution in [0.4, 0.5) is 0 Å². The maximum atomic E-state index is 10.9. The van der Waals surface area contributed by atoms with E-state index in [0.717, 1.165) is 23.3 Å². The molecule has 5 nitrogen and oxygen atoms in total. The summed E-state index contributed by atoms with van der Waals surface area (Å²) in [5.74, 6) is 1.07. The Labute approximate surface area is 106 Å². The summed E-state index contributed by atoms with van der Waals surface area (Å²) in [6.45, 7) is 2.01. The molecule has 1 aromatic rings. The smallest absolute Gasteiger partial charge is 0.219 e. The second-order valence-corrected chi connectivity index (χ2v) is 4.61. The molecule has 0 saturated carbocycles. The SMILES string of the molecule is COc1cc2c(cc1[C@@H](N)CC(N)=O)OC(C)C2. The van der Waals surface area contributed by atoms with Crippen molar-refractivity contribution in [1.29, 1.82) is 0 Å². The van der Waals surface area contributed by atoms with E-state index in [1.54, 1.807) is 7.11 Å². The van der Waals surface area contributed by atoms with Gasteiger partial charge < -0.3 is 20.9 Å². The van der Waals surface area contributed by atoms with Gasteiger partial charge in [0.2, 0.25) is 5.91 Å². The van der Waals surface area contributed by atoms with Crippen LogP contribution >= 0.6 is 0 Å². The van der Waals surface area contributed by atoms with Crippen molar-refractivity contribution < 1.29 is 14.3 Å². The number of benzene rings is 1. The lowest BCUT2D eigenvalue weighted by Gasteiger charge is -2.16. The van der Waals surface area contributed by atoms with Crippen molar-refractivity contribution in [3.05, 3.63) is 23.3 Å². The van der Waals surface area contributed by atoms with E-state index in [2.05, 4.69) is 0 Å². The number of ether oxygens (including phenoxy) is 2. The van der Waals surface area contributed by atoms with Crippen molar-refractivity contribution in [1.82, 2.24) is 0 Å². The minimum Gasteiger partial charge on any atom is -0.496 e. The number of primary amides is 1. The number of nitrogens with two attached hydrogens (primary N) is 2. The summed E-state index contributed by atoms with van der Waals surface area (Å²) in [4.78, 5) is 10.9. The monoisotopic (exact) mass is 250 g/mol. The molecule has 1 unspecified atom stereocenters. The highest BCUT2D eigenvalue weighted by Crippen LogP contribution is 2.37. The zero-order valence-electron chi connectivity index (χ0n) is 10.6. The van der Waals surface area contributed by atoms with Crippen LogP contribution in [0.15, 0.2) is 12.1 Å². The number of fused-ring (bicyclic) bond motifs is 1. The Hall–Kier alpha value is -1.75. The van der Waals surface area contributed by atoms with Crippen LogP contribution in [0.1, 0.15) is 30.5 Å². The second kappa shape index (κ2) is 4.86. The van der Waals surface area contributed by atoms with Crippen LogP contribution in [-0.4, -0.2) is 19.1 Å². The molecule has 0 spiro atoms. The minimum atomic E-state index is -0.470. The summed E-state index contributed by atoms with van der Waals surface area (Å²) >= 11 is 0. The van der Waals surface area contributed by atoms with Gasteiger partial charge in [-0.05, 0) is 19.1 Å². The largest absolute Gasteiger partial charge is 0.496 e. The van der Waals surface area contributed by atoms with Crippen molar-refractivity contribution in [2.45, 2.75) is 31.9 Å². The molecule has 0 radical (unpaired) electrons. The van der Waals surface area contributed by atoms with Gasteiger partial charge in [-0.15, -0.1) is 0 Å². The fourth-order valence-electron chi connectivity index (χ4n) is 2.25. The lowest BCUT2D eigenvalue weighted by atomic mass is 9.99. The Morgan fingerprint density at radius 2 is 2.33 bits per heavy atom. The lowest BCUT2D eigenvalue weighted by molar-refractivity contribution is -0.118. The van der Waals surface area contributed by atoms with Gasteiger partial charge in [0, 0.05) is 30.0 Å². The molecule has 0 aliphatic carbocycles. The van der Waals surface area contributed by atoms with Gasteiger partial charge in [-0.25, -0.2) is 0 Å². The van der Waals surface area contributed by atoms with E-state index >= 15 is 0 Å². The highest BCUT2D eigenvalue weighted by atomic mass is 16.5. The molecule has 2 rings (SSSR count). The normalized spacial score (nSPS) is 18.9. The average molecular weight is 250 g/mol. The minimum absolute atomic E-state index is 0.0880. The van der Waals surface area contributed by atoms with E-state index in [0.29, 0.717) is 5.75 Å². The number of amides is 1. The van der Waals surface area contributed by atoms with E-state index in [1.807, 2.05) is 19.1 Å². The Balaban J connectivity index is 2.35. The summed E-state index contributed by atoms with van der Waals surface area (Å²) in [7, 11) is 1.58. The standard InChI is InChI=1S/C13H18N2O3/c1-7-3-8-4-12(17-2)9(5-11(8)18-7)10(14)6-13(15)16/h4-5,7,10H,3,6,14H2,1-2H3,(H2,15,16)/t7?,10-/m0/s1. The molecule has 18 heavy (non-hydrogen) atoms. The lowest BCUT2D eigenvalue weighted by Crippen LogP contribution is -2.21. The van der Waals surface area contributed by atoms with E-state index in [1.165, 1.54) is 0 Å². The van der Waals surface area contributed by atoms with Crippen LogP contribution in [0, 0.1) is 0 Å². The van der Waals surface area contributed by atoms with Crippen LogP contribution < -0.4 is 20.9 Å². The number of carbonyl (C=O) groups excluding carboxylic acids is 1. The fraction of sp³-hybridized carbons (Fsp3) is 0.462. The first kappa shape index (κ1) is 12.7. The molecule has 1 aromatic carbocycles. The Bertz CT molecular complexity index is 474. The van der Waals surface area contributed by atoms with Crippen LogP contribution in [0.5, 0.6) is 11.5 Å². The molecule has 98 valence electrons. The summed E-state index contributed by atoms with van der Waals surface area (Å²) < 4.78 is 11.0. The molecule has 0 bridgehead atoms. The molecule has 2 atom stereocenters. The Morgan fingerprint density at radius 3 is 2.94 bits per heavy atom. The van der Waals surface area contributed by atoms with Gasteiger partial charge in [-0.2, -0.15) is 0 Å². The highest BCUT2D eigenvalue weighted by Gasteiger charge is 2.24. The Kier molecular flexibility index (Phi) is 3.43. The number of carbonyl (C=O) groups is 1. The average Bonchev–Trinajstić information content (AvgIpc) is 2.65. The van der Waals surface area contributed by atoms with Crippen molar-refractivity contribution in [3.63, 3.8) is 0 Å². The van der Waals surface area contributed by atoms with Gasteiger partial charge in [-0.3, -0.25) is 4.79 Å². The first-order chi connectivity index (χ1) is 8.51. The molecule has 1 aliphatic rings. The molecule has 5 heteroatoms. The summed E-state index contributed by atoms with van der Waals surface area (Å²) in [6.07, 6.45) is 1.11. The first-order valence-electron chi connectivity index (χ1n) is 5.92. The zero-order chi connectivity index (χ0) is 13.3. The van der Waals surface area contributed by atoms with Crippen LogP contribution in [-0.2, 0) is 11.2 Å². The number of hydrogen-bond acceptors (Lipinski definition) is 4. The van der Waals surface area contributed by atoms with Crippen LogP contribution in [0.25, 0.3) is 0 Å². The van der Waals surface area contributed by atoms with Gasteiger partial charge >= 0.3 is 0 Å². The van der Waals surface area contributed by atoms with E-state index in [9.17, 15) is 4.79 Å². The first-order valence-corrected chi connectivity index (χ1v) is 5.92. The van der Waals surface area contributed by atoms with Gasteiger partial charge in [0.15, 0.2) is 0 Å². The third-order valence-electron chi connectivity index (χ3n) is 3.07. The van der Waals surface area contributed by atoms with E-state index in [4.69, 9.17) is 20.9 Å². The molecule has 1 heterocycles. The summed E-state index contributed by atoms with van der Waals surface area (Å²) in [5, 5.41) is 0. The van der Waals surface area contributed by atoms with Gasteiger partial charge in [0.25, 0.3) is 0 Å². The quantitative estimate of drug-likeness (QED) is 0.830. The van der Waals surface area contributed by atoms with Crippen molar-refractivity contribution in [3.8, 4) is 11.5 Å². The second-order valence-electron chi connectivity index (χ2n) is 4.61. The Morgan fingerprint density at radius 1 is 1.61 bits per heavy atom. The summed E-state index contributed by atoms with van der Waals surface area (Å²) in [6, 6.07) is 3.31. The number of methoxy groups -OCH3 is 1. The van der Waals surface area contributed by atoms with Crippen molar-refractivity contribution in [2.75, 3.05) is 7.11 Å². The molecule has 0 aromatic heterocycles. The highest BCUT2D eigenvalue weighted by molar-refractivity contribution is 5.75. The summed E-state index contributed by atoms with van der Waals surface area (Å²) in [5.41, 5.74) is 13.0. The maximum absolute atomic E-state index is 10.9. The molecule has 0 fully saturated rings. The predicted octanol–water partition coefficient (Wildman–Crippen LogP) is 0.894. The molecular weight excluding hydrogens is 232 g/mol. The molecule has 1 amide bonds. The van der Waals surface area contributed by atoms with Crippen molar-refractivity contribution in [2.24, 2.45) is 11.5 Å². The maximum Gasteiger partial charge on any atom is 0.219 e. The predicted molar refractivity (Wildman–Crippen MR) is 67.5 cm³/mol. The van der Waals surface area contributed by atoms with E-state index in [-0.39, 0.29) is 12.5 Å². The van der Waals surface area contributed by atoms with Gasteiger partial charge in [0.1, 0.15) is 17.6 Å². The molecular formula is C13H18N2O3. The van der Waals surface area contributed by atoms with E-state index < -0.39 is 11.9 Å². The van der Waals surface area contributed by atoms with Crippen LogP contribution in [0.3, 0.4) is 0 Å². The third-order valence-corrected chi connectivity index (χ3v) is 3.07. The van der Waals surface area contributed by atoms with Crippen molar-refractivity contribution >= 4 is 5.91 Å². The molecule has 4 N–H and O–H groups in total. The molecule has 1 aliphatic heterocycles. The zero-order valence-corrected chi connectivity index (χ0v) is 10.6. The molecule has 0 saturated heterocycles.